The summed E-state index contributed by atoms with van der Waals surface area (Å²) < 4.78 is 2.45. The van der Waals surface area contributed by atoms with Gasteiger partial charge in [0.1, 0.15) is 0 Å². The molecule has 3 heteroatoms. The first-order chi connectivity index (χ1) is 5.70. The van der Waals surface area contributed by atoms with Crippen LogP contribution in [0.3, 0.4) is 0 Å². The normalized spacial score (nSPS) is 21.1. The topological polar surface area (TPSA) is 26.0 Å². The van der Waals surface area contributed by atoms with E-state index in [4.69, 9.17) is 5.73 Å². The zero-order chi connectivity index (χ0) is 8.72. The summed E-state index contributed by atoms with van der Waals surface area (Å²) >= 11 is 5.91. The van der Waals surface area contributed by atoms with Gasteiger partial charge in [0.15, 0.2) is 0 Å². The van der Waals surface area contributed by atoms with Crippen LogP contribution in [0.5, 0.6) is 0 Å². The van der Waals surface area contributed by atoms with Gasteiger partial charge in [-0.15, -0.1) is 0 Å². The molecular weight excluding hydrogens is 329 g/mol. The summed E-state index contributed by atoms with van der Waals surface area (Å²) in [4.78, 5) is 0. The van der Waals surface area contributed by atoms with Crippen molar-refractivity contribution in [3.63, 3.8) is 0 Å². The molecule has 1 atom stereocenters. The van der Waals surface area contributed by atoms with Crippen molar-refractivity contribution in [1.29, 1.82) is 0 Å². The summed E-state index contributed by atoms with van der Waals surface area (Å²) in [6.07, 6.45) is 2.22. The molecule has 1 unspecified atom stereocenters. The van der Waals surface area contributed by atoms with Crippen molar-refractivity contribution in [2.45, 2.75) is 18.9 Å². The molecule has 0 aliphatic heterocycles. The fourth-order valence-electron chi connectivity index (χ4n) is 1.68. The Bertz CT molecular complexity index is 325. The lowest BCUT2D eigenvalue weighted by Crippen LogP contribution is -2.06. The van der Waals surface area contributed by atoms with Crippen LogP contribution in [0, 0.1) is 3.57 Å². The minimum atomic E-state index is 0.240. The van der Waals surface area contributed by atoms with Gasteiger partial charge in [-0.05, 0) is 68.6 Å². The monoisotopic (exact) mass is 337 g/mol. The second-order valence-corrected chi connectivity index (χ2v) is 5.03. The van der Waals surface area contributed by atoms with E-state index in [2.05, 4.69) is 50.7 Å². The SMILES string of the molecule is NC1CCc2ccc(I)c(Br)c21. The van der Waals surface area contributed by atoms with Gasteiger partial charge in [0.25, 0.3) is 0 Å². The number of benzene rings is 1. The molecule has 1 aromatic rings. The van der Waals surface area contributed by atoms with Gasteiger partial charge in [-0.25, -0.2) is 0 Å². The van der Waals surface area contributed by atoms with Gasteiger partial charge < -0.3 is 5.73 Å². The Labute approximate surface area is 94.0 Å². The molecular formula is C9H9BrIN. The second-order valence-electron chi connectivity index (χ2n) is 3.08. The van der Waals surface area contributed by atoms with Gasteiger partial charge >= 0.3 is 0 Å². The van der Waals surface area contributed by atoms with E-state index in [1.165, 1.54) is 19.2 Å². The molecule has 0 heterocycles. The Morgan fingerprint density at radius 1 is 1.50 bits per heavy atom. The summed E-state index contributed by atoms with van der Waals surface area (Å²) in [5.41, 5.74) is 8.72. The maximum Gasteiger partial charge on any atom is 0.0359 e. The molecule has 12 heavy (non-hydrogen) atoms. The molecule has 0 bridgehead atoms. The van der Waals surface area contributed by atoms with E-state index in [0.29, 0.717) is 0 Å². The van der Waals surface area contributed by atoms with Crippen molar-refractivity contribution in [2.75, 3.05) is 0 Å². The van der Waals surface area contributed by atoms with E-state index in [9.17, 15) is 0 Å². The molecule has 1 aliphatic rings. The van der Waals surface area contributed by atoms with Gasteiger partial charge in [0.05, 0.1) is 0 Å². The molecule has 0 spiro atoms. The number of halogens is 2. The Hall–Kier alpha value is 0.390. The van der Waals surface area contributed by atoms with E-state index >= 15 is 0 Å². The van der Waals surface area contributed by atoms with Crippen LogP contribution in [0.2, 0.25) is 0 Å². The zero-order valence-corrected chi connectivity index (χ0v) is 10.2. The largest absolute Gasteiger partial charge is 0.324 e. The molecule has 1 aromatic carbocycles. The number of nitrogens with two attached hydrogens (primary N) is 1. The van der Waals surface area contributed by atoms with E-state index in [0.717, 1.165) is 12.8 Å². The third-order valence-corrected chi connectivity index (χ3v) is 4.81. The lowest BCUT2D eigenvalue weighted by Gasteiger charge is -2.08. The van der Waals surface area contributed by atoms with E-state index < -0.39 is 0 Å². The first-order valence-corrected chi connectivity index (χ1v) is 5.79. The van der Waals surface area contributed by atoms with Crippen molar-refractivity contribution in [1.82, 2.24) is 0 Å². The second kappa shape index (κ2) is 3.27. The lowest BCUT2D eigenvalue weighted by molar-refractivity contribution is 0.711. The van der Waals surface area contributed by atoms with Crippen molar-refractivity contribution >= 4 is 38.5 Å². The van der Waals surface area contributed by atoms with Crippen molar-refractivity contribution in [3.05, 3.63) is 31.3 Å². The molecule has 2 N–H and O–H groups in total. The predicted molar refractivity (Wildman–Crippen MR) is 62.1 cm³/mol. The standard InChI is InChI=1S/C9H9BrIN/c10-9-6(11)3-1-5-2-4-7(12)8(5)9/h1,3,7H,2,4,12H2. The summed E-state index contributed by atoms with van der Waals surface area (Å²) in [5, 5.41) is 0. The Balaban J connectivity index is 2.63. The maximum absolute atomic E-state index is 5.98. The maximum atomic E-state index is 5.98. The van der Waals surface area contributed by atoms with E-state index in [1.807, 2.05) is 0 Å². The highest BCUT2D eigenvalue weighted by Gasteiger charge is 2.22. The fourth-order valence-corrected chi connectivity index (χ4v) is 2.83. The van der Waals surface area contributed by atoms with E-state index in [-0.39, 0.29) is 6.04 Å². The van der Waals surface area contributed by atoms with Crippen molar-refractivity contribution in [2.24, 2.45) is 5.73 Å². The third-order valence-electron chi connectivity index (χ3n) is 2.32. The average Bonchev–Trinajstić information content (AvgIpc) is 2.41. The summed E-state index contributed by atoms with van der Waals surface area (Å²) in [5.74, 6) is 0. The van der Waals surface area contributed by atoms with Crippen molar-refractivity contribution in [3.8, 4) is 0 Å². The van der Waals surface area contributed by atoms with Gasteiger partial charge in [-0.1, -0.05) is 6.07 Å². The molecule has 1 aliphatic carbocycles. The van der Waals surface area contributed by atoms with Gasteiger partial charge in [-0.3, -0.25) is 0 Å². The van der Waals surface area contributed by atoms with Crippen LogP contribution >= 0.6 is 38.5 Å². The molecule has 0 amide bonds. The van der Waals surface area contributed by atoms with Gasteiger partial charge in [0, 0.05) is 14.1 Å². The van der Waals surface area contributed by atoms with Crippen LogP contribution in [-0.4, -0.2) is 0 Å². The molecule has 0 fully saturated rings. The number of aryl methyl sites for hydroxylation is 1. The van der Waals surface area contributed by atoms with Gasteiger partial charge in [0.2, 0.25) is 0 Å². The number of hydrogen-bond donors (Lipinski definition) is 1. The molecule has 1 nitrogen and oxygen atoms in total. The lowest BCUT2D eigenvalue weighted by atomic mass is 10.1. The van der Waals surface area contributed by atoms with Crippen LogP contribution in [0.1, 0.15) is 23.6 Å². The molecule has 2 rings (SSSR count). The molecule has 0 saturated heterocycles. The van der Waals surface area contributed by atoms with E-state index in [1.54, 1.807) is 0 Å². The molecule has 0 radical (unpaired) electrons. The summed E-state index contributed by atoms with van der Waals surface area (Å²) in [6.45, 7) is 0. The predicted octanol–water partition coefficient (Wildman–Crippen LogP) is 3.00. The minimum absolute atomic E-state index is 0.240. The van der Waals surface area contributed by atoms with Gasteiger partial charge in [-0.2, -0.15) is 0 Å². The zero-order valence-electron chi connectivity index (χ0n) is 6.48. The van der Waals surface area contributed by atoms with Crippen LogP contribution in [-0.2, 0) is 6.42 Å². The Morgan fingerprint density at radius 2 is 2.25 bits per heavy atom. The smallest absolute Gasteiger partial charge is 0.0359 e. The molecule has 64 valence electrons. The van der Waals surface area contributed by atoms with Crippen LogP contribution in [0.4, 0.5) is 0 Å². The number of rotatable bonds is 0. The highest BCUT2D eigenvalue weighted by atomic mass is 127. The molecule has 0 saturated carbocycles. The van der Waals surface area contributed by atoms with Crippen LogP contribution in [0.25, 0.3) is 0 Å². The quantitative estimate of drug-likeness (QED) is 0.724. The third kappa shape index (κ3) is 1.32. The van der Waals surface area contributed by atoms with Crippen LogP contribution in [0.15, 0.2) is 16.6 Å². The minimum Gasteiger partial charge on any atom is -0.324 e. The average molecular weight is 338 g/mol. The van der Waals surface area contributed by atoms with Crippen molar-refractivity contribution < 1.29 is 0 Å². The highest BCUT2D eigenvalue weighted by Crippen LogP contribution is 2.37. The summed E-state index contributed by atoms with van der Waals surface area (Å²) in [7, 11) is 0. The fraction of sp³-hybridized carbons (Fsp3) is 0.333. The number of hydrogen-bond acceptors (Lipinski definition) is 1. The first kappa shape index (κ1) is 8.97. The first-order valence-electron chi connectivity index (χ1n) is 3.92. The number of fused-ring (bicyclic) bond motifs is 1. The highest BCUT2D eigenvalue weighted by molar-refractivity contribution is 14.1. The summed E-state index contributed by atoms with van der Waals surface area (Å²) in [6, 6.07) is 4.57. The molecule has 0 aromatic heterocycles. The Morgan fingerprint density at radius 3 is 3.00 bits per heavy atom. The Kier molecular flexibility index (Phi) is 2.44. The van der Waals surface area contributed by atoms with Crippen LogP contribution < -0.4 is 5.73 Å².